The minimum absolute atomic E-state index is 0.360. The summed E-state index contributed by atoms with van der Waals surface area (Å²) in [6.07, 6.45) is 4.34. The number of aromatic nitrogens is 4. The minimum atomic E-state index is -0.476. The molecule has 8 aromatic carbocycles. The van der Waals surface area contributed by atoms with E-state index in [2.05, 4.69) is 268 Å². The van der Waals surface area contributed by atoms with Crippen LogP contribution >= 0.6 is 15.9 Å². The summed E-state index contributed by atoms with van der Waals surface area (Å²) in [5.74, 6) is 0. The molecule has 0 N–H and O–H groups in total. The van der Waals surface area contributed by atoms with Crippen molar-refractivity contribution in [3.63, 3.8) is 0 Å². The molecular weight excluding hydrogens is 1110 g/mol. The Morgan fingerprint density at radius 2 is 0.643 bits per heavy atom. The molecule has 7 heterocycles. The highest BCUT2D eigenvalue weighted by Gasteiger charge is 2.64. The molecule has 0 bridgehead atoms. The van der Waals surface area contributed by atoms with Crippen LogP contribution in [0.3, 0.4) is 0 Å². The van der Waals surface area contributed by atoms with Crippen LogP contribution in [0.2, 0.25) is 0 Å². The SMILES string of the molecule is Brc1ccc2c(c1)c1ccc3c(ccn3-c3ccccc3)c1n2-c1ccccc1.CC1(C)OB(B2OC(C)(C)C(C)(C)O2)OC1(C)C.CC1(C)OB(c2ccc3c(c2)c2ccc4c(ccn4-c4ccccc4)c2n3-c2ccccc2)OC1(C)C. The van der Waals surface area contributed by atoms with Crippen LogP contribution in [0.15, 0.2) is 211 Å². The second-order valence-corrected chi connectivity index (χ2v) is 26.4. The van der Waals surface area contributed by atoms with Crippen molar-refractivity contribution in [3.05, 3.63) is 211 Å². The molecule has 84 heavy (non-hydrogen) atoms. The van der Waals surface area contributed by atoms with E-state index in [1.165, 1.54) is 76.8 Å². The quantitative estimate of drug-likeness (QED) is 0.154. The first-order valence-corrected chi connectivity index (χ1v) is 29.9. The van der Waals surface area contributed by atoms with E-state index in [-0.39, 0.29) is 33.6 Å². The number of para-hydroxylation sites is 4. The zero-order valence-electron chi connectivity index (χ0n) is 50.0. The summed E-state index contributed by atoms with van der Waals surface area (Å²) in [5.41, 5.74) is 10.7. The van der Waals surface area contributed by atoms with E-state index in [1.807, 2.05) is 55.4 Å². The minimum Gasteiger partial charge on any atom is -0.405 e. The van der Waals surface area contributed by atoms with Crippen LogP contribution in [-0.4, -0.2) is 73.0 Å². The van der Waals surface area contributed by atoms with Gasteiger partial charge in [-0.05, 0) is 186 Å². The summed E-state index contributed by atoms with van der Waals surface area (Å²) < 4.78 is 47.0. The van der Waals surface area contributed by atoms with Crippen molar-refractivity contribution < 1.29 is 27.9 Å². The standard InChI is InChI=1S/C32H29BN2O2.C26H17BrN2.C12H24B2O4/c1-31(2)32(3,4)37-33(36-31)22-15-17-29-27(21-22)25-16-18-28-26(19-20-34(28)23-11-7-5-8-12-23)30(25)35(29)24-13-9-6-10-14-24;27-18-11-13-25-23(17-18)21-12-14-24-22(15-16-28(24)19-7-3-1-4-8-19)26(21)29(25)20-9-5-2-6-10-20;1-9(2)10(3,4)16-13(15-9)14-17-11(5,6)12(7,8)18-14/h5-21H,1-4H3;1-17H;1-8H3. The van der Waals surface area contributed by atoms with Crippen molar-refractivity contribution in [2.45, 2.75) is 117 Å². The molecule has 422 valence electrons. The van der Waals surface area contributed by atoms with Gasteiger partial charge in [-0.25, -0.2) is 0 Å². The number of hydrogen-bond donors (Lipinski definition) is 0. The molecule has 3 aliphatic rings. The van der Waals surface area contributed by atoms with Gasteiger partial charge in [0.1, 0.15) is 0 Å². The Morgan fingerprint density at radius 3 is 1.04 bits per heavy atom. The fourth-order valence-corrected chi connectivity index (χ4v) is 12.2. The second-order valence-electron chi connectivity index (χ2n) is 25.4. The number of nitrogens with zero attached hydrogens (tertiary/aromatic N) is 4. The monoisotopic (exact) mass is 1170 g/mol. The summed E-state index contributed by atoms with van der Waals surface area (Å²) >= 11 is 3.65. The van der Waals surface area contributed by atoms with Crippen LogP contribution in [0.25, 0.3) is 88.2 Å². The molecule has 10 nitrogen and oxygen atoms in total. The third-order valence-corrected chi connectivity index (χ3v) is 19.1. The van der Waals surface area contributed by atoms with Gasteiger partial charge in [0.15, 0.2) is 0 Å². The maximum absolute atomic E-state index is 6.39. The lowest BCUT2D eigenvalue weighted by atomic mass is 9.49. The van der Waals surface area contributed by atoms with Gasteiger partial charge in [-0.3, -0.25) is 0 Å². The van der Waals surface area contributed by atoms with E-state index in [0.29, 0.717) is 0 Å². The first kappa shape index (κ1) is 56.0. The number of benzene rings is 8. The van der Waals surface area contributed by atoms with Crippen molar-refractivity contribution >= 4 is 108 Å². The van der Waals surface area contributed by atoms with Gasteiger partial charge in [-0.1, -0.05) is 113 Å². The van der Waals surface area contributed by atoms with E-state index in [4.69, 9.17) is 27.9 Å². The molecule has 0 amide bonds. The summed E-state index contributed by atoms with van der Waals surface area (Å²) in [6, 6.07) is 68.8. The Labute approximate surface area is 501 Å². The average Bonchev–Trinajstić information content (AvgIpc) is 1.72. The maximum atomic E-state index is 6.39. The van der Waals surface area contributed by atoms with Crippen molar-refractivity contribution in [2.75, 3.05) is 0 Å². The molecule has 3 aliphatic heterocycles. The van der Waals surface area contributed by atoms with Gasteiger partial charge in [0, 0.05) is 71.9 Å². The van der Waals surface area contributed by atoms with Crippen molar-refractivity contribution in [3.8, 4) is 22.7 Å². The predicted molar refractivity (Wildman–Crippen MR) is 351 cm³/mol. The van der Waals surface area contributed by atoms with Crippen molar-refractivity contribution in [1.29, 1.82) is 0 Å². The first-order valence-electron chi connectivity index (χ1n) is 29.1. The van der Waals surface area contributed by atoms with Gasteiger partial charge < -0.3 is 46.2 Å². The summed E-state index contributed by atoms with van der Waals surface area (Å²) in [4.78, 5) is 0. The third kappa shape index (κ3) is 9.46. The van der Waals surface area contributed by atoms with Crippen LogP contribution in [0, 0.1) is 0 Å². The summed E-state index contributed by atoms with van der Waals surface area (Å²) in [6.45, 7) is 24.6. The Hall–Kier alpha value is -7.13. The van der Waals surface area contributed by atoms with Crippen LogP contribution in [-0.2, 0) is 27.9 Å². The topological polar surface area (TPSA) is 75.1 Å². The molecule has 14 heteroatoms. The maximum Gasteiger partial charge on any atom is 0.494 e. The van der Waals surface area contributed by atoms with E-state index >= 15 is 0 Å². The molecular formula is C70H70B3BrN4O6. The second kappa shape index (κ2) is 20.5. The molecule has 3 saturated heterocycles. The van der Waals surface area contributed by atoms with Gasteiger partial charge >= 0.3 is 21.1 Å². The van der Waals surface area contributed by atoms with Gasteiger partial charge in [-0.2, -0.15) is 0 Å². The molecule has 0 radical (unpaired) electrons. The van der Waals surface area contributed by atoms with Crippen molar-refractivity contribution in [1.82, 2.24) is 18.3 Å². The molecule has 0 spiro atoms. The van der Waals surface area contributed by atoms with Crippen LogP contribution in [0.5, 0.6) is 0 Å². The fourth-order valence-electron chi connectivity index (χ4n) is 11.9. The normalized spacial score (nSPS) is 18.3. The van der Waals surface area contributed by atoms with Gasteiger partial charge in [0.25, 0.3) is 0 Å². The smallest absolute Gasteiger partial charge is 0.405 e. The van der Waals surface area contributed by atoms with Crippen LogP contribution in [0.4, 0.5) is 0 Å². The molecule has 0 saturated carbocycles. The third-order valence-electron chi connectivity index (χ3n) is 18.6. The lowest BCUT2D eigenvalue weighted by Crippen LogP contribution is -2.41. The first-order chi connectivity index (χ1) is 40.0. The van der Waals surface area contributed by atoms with E-state index < -0.39 is 21.1 Å². The molecule has 0 aliphatic carbocycles. The van der Waals surface area contributed by atoms with E-state index in [9.17, 15) is 0 Å². The highest BCUT2D eigenvalue weighted by molar-refractivity contribution is 9.10. The highest BCUT2D eigenvalue weighted by atomic mass is 79.9. The molecule has 4 aromatic heterocycles. The Bertz CT molecular complexity index is 4360. The average molecular weight is 1180 g/mol. The fraction of sp³-hybridized carbons (Fsp3) is 0.257. The lowest BCUT2D eigenvalue weighted by Gasteiger charge is -2.32. The van der Waals surface area contributed by atoms with Crippen LogP contribution in [0.1, 0.15) is 83.1 Å². The zero-order chi connectivity index (χ0) is 58.7. The summed E-state index contributed by atoms with van der Waals surface area (Å²) in [7, 11) is -1.35. The lowest BCUT2D eigenvalue weighted by molar-refractivity contribution is 0.00578. The Balaban J connectivity index is 0.000000125. The van der Waals surface area contributed by atoms with Crippen LogP contribution < -0.4 is 5.46 Å². The number of halogens is 1. The highest BCUT2D eigenvalue weighted by Crippen LogP contribution is 2.45. The van der Waals surface area contributed by atoms with Gasteiger partial charge in [0.2, 0.25) is 0 Å². The molecule has 12 aromatic rings. The molecule has 3 fully saturated rings. The van der Waals surface area contributed by atoms with Gasteiger partial charge in [-0.15, -0.1) is 0 Å². The molecule has 0 atom stereocenters. The Kier molecular flexibility index (Phi) is 13.7. The van der Waals surface area contributed by atoms with Gasteiger partial charge in [0.05, 0.1) is 66.7 Å². The predicted octanol–water partition coefficient (Wildman–Crippen LogP) is 16.8. The molecule has 15 rings (SSSR count). The Morgan fingerprint density at radius 1 is 0.310 bits per heavy atom. The van der Waals surface area contributed by atoms with Crippen molar-refractivity contribution in [2.24, 2.45) is 0 Å². The largest absolute Gasteiger partial charge is 0.494 e. The number of fused-ring (bicyclic) bond motifs is 10. The molecule has 0 unspecified atom stereocenters. The summed E-state index contributed by atoms with van der Waals surface area (Å²) in [5, 5.41) is 7.41. The number of rotatable bonds is 6. The van der Waals surface area contributed by atoms with E-state index in [1.54, 1.807) is 0 Å². The zero-order valence-corrected chi connectivity index (χ0v) is 51.6. The number of hydrogen-bond acceptors (Lipinski definition) is 6. The van der Waals surface area contributed by atoms with E-state index in [0.717, 1.165) is 21.3 Å².